The van der Waals surface area contributed by atoms with Crippen LogP contribution in [0.4, 0.5) is 0 Å². The van der Waals surface area contributed by atoms with Crippen molar-refractivity contribution >= 4 is 0 Å². The number of hydrogen-bond donors (Lipinski definition) is 2. The van der Waals surface area contributed by atoms with Crippen LogP contribution in [0.2, 0.25) is 0 Å². The molecular formula is C13H20N4O. The summed E-state index contributed by atoms with van der Waals surface area (Å²) in [4.78, 5) is 2.15. The van der Waals surface area contributed by atoms with Gasteiger partial charge in [0.05, 0.1) is 18.5 Å². The molecule has 1 atom stereocenters. The van der Waals surface area contributed by atoms with Crippen LogP contribution < -0.4 is 5.32 Å². The molecule has 2 aromatic heterocycles. The van der Waals surface area contributed by atoms with Crippen LogP contribution >= 0.6 is 0 Å². The molecule has 98 valence electrons. The van der Waals surface area contributed by atoms with Crippen LogP contribution in [0.3, 0.4) is 0 Å². The third-order valence-electron chi connectivity index (χ3n) is 3.08. The second-order valence-electron chi connectivity index (χ2n) is 4.65. The fraction of sp³-hybridized carbons (Fsp3) is 0.462. The van der Waals surface area contributed by atoms with Crippen LogP contribution in [0.5, 0.6) is 0 Å². The maximum atomic E-state index is 5.47. The lowest BCUT2D eigenvalue weighted by Gasteiger charge is -2.22. The van der Waals surface area contributed by atoms with E-state index in [1.165, 1.54) is 5.56 Å². The van der Waals surface area contributed by atoms with E-state index in [-0.39, 0.29) is 6.04 Å². The normalized spacial score (nSPS) is 13.1. The first-order chi connectivity index (χ1) is 8.68. The summed E-state index contributed by atoms with van der Waals surface area (Å²) in [5, 5.41) is 10.4. The Labute approximate surface area is 107 Å². The maximum Gasteiger partial charge on any atom is 0.122 e. The largest absolute Gasteiger partial charge is 0.468 e. The number of nitrogens with one attached hydrogen (secondary N) is 2. The average Bonchev–Trinajstić information content (AvgIpc) is 2.96. The molecule has 2 aromatic rings. The van der Waals surface area contributed by atoms with Crippen LogP contribution in [0, 0.1) is 6.92 Å². The molecule has 2 N–H and O–H groups in total. The highest BCUT2D eigenvalue weighted by atomic mass is 16.3. The number of rotatable bonds is 6. The summed E-state index contributed by atoms with van der Waals surface area (Å²) in [5.74, 6) is 0.983. The number of likely N-dealkylation sites (N-methyl/N-ethyl adjacent to an activating group) is 1. The smallest absolute Gasteiger partial charge is 0.122 e. The Morgan fingerprint density at radius 2 is 2.33 bits per heavy atom. The Bertz CT molecular complexity index is 461. The SMILES string of the molecule is Cc1[nH]ncc1CNCC(c1ccco1)N(C)C. The number of aryl methyl sites for hydroxylation is 1. The summed E-state index contributed by atoms with van der Waals surface area (Å²) in [6.45, 7) is 3.68. The quantitative estimate of drug-likeness (QED) is 0.817. The van der Waals surface area contributed by atoms with Crippen LogP contribution in [0.25, 0.3) is 0 Å². The van der Waals surface area contributed by atoms with Gasteiger partial charge in [0.15, 0.2) is 0 Å². The molecule has 0 spiro atoms. The van der Waals surface area contributed by atoms with E-state index < -0.39 is 0 Å². The number of hydrogen-bond acceptors (Lipinski definition) is 4. The molecule has 0 aromatic carbocycles. The maximum absolute atomic E-state index is 5.47. The predicted octanol–water partition coefficient (Wildman–Crippen LogP) is 1.70. The summed E-state index contributed by atoms with van der Waals surface area (Å²) < 4.78 is 5.47. The van der Waals surface area contributed by atoms with Crippen molar-refractivity contribution in [3.05, 3.63) is 41.6 Å². The second-order valence-corrected chi connectivity index (χ2v) is 4.65. The van der Waals surface area contributed by atoms with Crippen LogP contribution in [-0.2, 0) is 6.54 Å². The molecule has 0 fully saturated rings. The first-order valence-electron chi connectivity index (χ1n) is 6.08. The van der Waals surface area contributed by atoms with Crippen molar-refractivity contribution in [3.63, 3.8) is 0 Å². The molecule has 0 aliphatic heterocycles. The fourth-order valence-electron chi connectivity index (χ4n) is 1.92. The van der Waals surface area contributed by atoms with E-state index >= 15 is 0 Å². The lowest BCUT2D eigenvalue weighted by atomic mass is 10.2. The average molecular weight is 248 g/mol. The van der Waals surface area contributed by atoms with Crippen molar-refractivity contribution in [2.24, 2.45) is 0 Å². The number of furan rings is 1. The Hall–Kier alpha value is -1.59. The first kappa shape index (κ1) is 12.9. The molecule has 0 radical (unpaired) electrons. The molecular weight excluding hydrogens is 228 g/mol. The molecule has 1 unspecified atom stereocenters. The van der Waals surface area contributed by atoms with E-state index in [1.54, 1.807) is 6.26 Å². The molecule has 2 rings (SSSR count). The van der Waals surface area contributed by atoms with E-state index in [0.29, 0.717) is 0 Å². The van der Waals surface area contributed by atoms with Crippen LogP contribution in [-0.4, -0.2) is 35.7 Å². The molecule has 18 heavy (non-hydrogen) atoms. The zero-order valence-electron chi connectivity index (χ0n) is 11.1. The predicted molar refractivity (Wildman–Crippen MR) is 70.2 cm³/mol. The second kappa shape index (κ2) is 5.84. The number of H-pyrrole nitrogens is 1. The summed E-state index contributed by atoms with van der Waals surface area (Å²) in [5.41, 5.74) is 2.31. The van der Waals surface area contributed by atoms with E-state index in [0.717, 1.165) is 24.5 Å². The van der Waals surface area contributed by atoms with E-state index in [2.05, 4.69) is 34.5 Å². The van der Waals surface area contributed by atoms with Gasteiger partial charge >= 0.3 is 0 Å². The molecule has 0 amide bonds. The van der Waals surface area contributed by atoms with Crippen LogP contribution in [0.15, 0.2) is 29.0 Å². The highest BCUT2D eigenvalue weighted by molar-refractivity contribution is 5.14. The number of aromatic amines is 1. The van der Waals surface area contributed by atoms with Crippen molar-refractivity contribution in [3.8, 4) is 0 Å². The van der Waals surface area contributed by atoms with Crippen LogP contribution in [0.1, 0.15) is 23.1 Å². The molecule has 2 heterocycles. The van der Waals surface area contributed by atoms with Gasteiger partial charge in [0.25, 0.3) is 0 Å². The minimum Gasteiger partial charge on any atom is -0.468 e. The lowest BCUT2D eigenvalue weighted by molar-refractivity contribution is 0.250. The summed E-state index contributed by atoms with van der Waals surface area (Å²) in [6.07, 6.45) is 3.58. The van der Waals surface area contributed by atoms with Gasteiger partial charge < -0.3 is 9.73 Å². The van der Waals surface area contributed by atoms with Gasteiger partial charge in [-0.25, -0.2) is 0 Å². The highest BCUT2D eigenvalue weighted by Crippen LogP contribution is 2.17. The van der Waals surface area contributed by atoms with Crippen molar-refractivity contribution in [2.75, 3.05) is 20.6 Å². The Morgan fingerprint density at radius 3 is 2.89 bits per heavy atom. The highest BCUT2D eigenvalue weighted by Gasteiger charge is 2.16. The summed E-state index contributed by atoms with van der Waals surface area (Å²) >= 11 is 0. The molecule has 0 bridgehead atoms. The van der Waals surface area contributed by atoms with Gasteiger partial charge in [0.2, 0.25) is 0 Å². The first-order valence-corrected chi connectivity index (χ1v) is 6.08. The molecule has 5 nitrogen and oxygen atoms in total. The Kier molecular flexibility index (Phi) is 4.17. The van der Waals surface area contributed by atoms with Gasteiger partial charge in [-0.15, -0.1) is 0 Å². The standard InChI is InChI=1S/C13H20N4O/c1-10-11(8-15-16-10)7-14-9-12(17(2)3)13-5-4-6-18-13/h4-6,8,12,14H,7,9H2,1-3H3,(H,15,16). The van der Waals surface area contributed by atoms with Gasteiger partial charge in [0.1, 0.15) is 5.76 Å². The third-order valence-corrected chi connectivity index (χ3v) is 3.08. The third kappa shape index (κ3) is 3.00. The Morgan fingerprint density at radius 1 is 1.50 bits per heavy atom. The zero-order chi connectivity index (χ0) is 13.0. The number of nitrogens with zero attached hydrogens (tertiary/aromatic N) is 2. The van der Waals surface area contributed by atoms with Gasteiger partial charge in [-0.1, -0.05) is 0 Å². The summed E-state index contributed by atoms with van der Waals surface area (Å²) in [7, 11) is 4.11. The topological polar surface area (TPSA) is 57.1 Å². The fourth-order valence-corrected chi connectivity index (χ4v) is 1.92. The van der Waals surface area contributed by atoms with E-state index in [4.69, 9.17) is 4.42 Å². The summed E-state index contributed by atoms with van der Waals surface area (Å²) in [6, 6.07) is 4.17. The van der Waals surface area contributed by atoms with E-state index in [9.17, 15) is 0 Å². The van der Waals surface area contributed by atoms with Gasteiger partial charge in [-0.3, -0.25) is 10.00 Å². The lowest BCUT2D eigenvalue weighted by Crippen LogP contribution is -2.30. The van der Waals surface area contributed by atoms with Crippen molar-refractivity contribution in [2.45, 2.75) is 19.5 Å². The van der Waals surface area contributed by atoms with Crippen molar-refractivity contribution in [1.29, 1.82) is 0 Å². The molecule has 0 saturated heterocycles. The minimum atomic E-state index is 0.243. The number of aromatic nitrogens is 2. The zero-order valence-corrected chi connectivity index (χ0v) is 11.1. The van der Waals surface area contributed by atoms with Gasteiger partial charge in [-0.05, 0) is 33.2 Å². The van der Waals surface area contributed by atoms with Crippen molar-refractivity contribution in [1.82, 2.24) is 20.4 Å². The minimum absolute atomic E-state index is 0.243. The molecule has 0 aliphatic rings. The molecule has 0 saturated carbocycles. The van der Waals surface area contributed by atoms with Crippen molar-refractivity contribution < 1.29 is 4.42 Å². The molecule has 0 aliphatic carbocycles. The van der Waals surface area contributed by atoms with E-state index in [1.807, 2.05) is 25.3 Å². The Balaban J connectivity index is 1.89. The molecule has 5 heteroatoms. The van der Waals surface area contributed by atoms with Gasteiger partial charge in [-0.2, -0.15) is 5.10 Å². The van der Waals surface area contributed by atoms with Gasteiger partial charge in [0, 0.05) is 24.3 Å². The monoisotopic (exact) mass is 248 g/mol.